The maximum atomic E-state index is 13.0. The molecular weight excluding hydrogens is 282 g/mol. The van der Waals surface area contributed by atoms with Crippen LogP contribution in [0.4, 0.5) is 0 Å². The fraction of sp³-hybridized carbons (Fsp3) is 0.529. The van der Waals surface area contributed by atoms with Crippen molar-refractivity contribution in [3.63, 3.8) is 0 Å². The fourth-order valence-corrected chi connectivity index (χ4v) is 5.48. The van der Waals surface area contributed by atoms with E-state index < -0.39 is 10.0 Å². The maximum absolute atomic E-state index is 13.0. The van der Waals surface area contributed by atoms with Crippen molar-refractivity contribution in [1.29, 1.82) is 0 Å². The molecule has 2 rings (SSSR count). The number of hydrogen-bond acceptors (Lipinski definition) is 2. The fourth-order valence-electron chi connectivity index (χ4n) is 3.28. The zero-order chi connectivity index (χ0) is 15.9. The summed E-state index contributed by atoms with van der Waals surface area (Å²) in [5.41, 5.74) is 2.74. The van der Waals surface area contributed by atoms with Crippen molar-refractivity contribution < 1.29 is 8.42 Å². The van der Waals surface area contributed by atoms with Gasteiger partial charge < -0.3 is 0 Å². The van der Waals surface area contributed by atoms with Gasteiger partial charge in [-0.2, -0.15) is 4.31 Å². The van der Waals surface area contributed by atoms with E-state index in [9.17, 15) is 8.42 Å². The minimum Gasteiger partial charge on any atom is -0.207 e. The molecule has 21 heavy (non-hydrogen) atoms. The molecule has 0 amide bonds. The third-order valence-electron chi connectivity index (χ3n) is 4.02. The highest BCUT2D eigenvalue weighted by Crippen LogP contribution is 2.41. The first kappa shape index (κ1) is 16.2. The maximum Gasteiger partial charge on any atom is 0.244 e. The van der Waals surface area contributed by atoms with Gasteiger partial charge in [0.25, 0.3) is 0 Å². The molecule has 116 valence electrons. The molecule has 1 aromatic rings. The first-order valence-corrected chi connectivity index (χ1v) is 8.88. The Morgan fingerprint density at radius 3 is 2.19 bits per heavy atom. The quantitative estimate of drug-likeness (QED) is 0.616. The first-order valence-electron chi connectivity index (χ1n) is 7.44. The van der Waals surface area contributed by atoms with Crippen molar-refractivity contribution in [3.05, 3.63) is 41.5 Å². The molecule has 1 saturated heterocycles. The molecule has 0 aliphatic carbocycles. The molecule has 0 radical (unpaired) electrons. The van der Waals surface area contributed by atoms with Crippen LogP contribution in [0.25, 0.3) is 0 Å². The second-order valence-corrected chi connectivity index (χ2v) is 8.27. The van der Waals surface area contributed by atoms with Gasteiger partial charge in [-0.15, -0.1) is 6.58 Å². The van der Waals surface area contributed by atoms with Gasteiger partial charge in [0.15, 0.2) is 0 Å². The number of benzene rings is 1. The Labute approximate surface area is 128 Å². The predicted octanol–water partition coefficient (Wildman–Crippen LogP) is 3.59. The van der Waals surface area contributed by atoms with Gasteiger partial charge >= 0.3 is 0 Å². The molecule has 3 atom stereocenters. The summed E-state index contributed by atoms with van der Waals surface area (Å²) in [5, 5.41) is 0. The Morgan fingerprint density at radius 2 is 1.76 bits per heavy atom. The second kappa shape index (κ2) is 5.58. The molecule has 3 nitrogen and oxygen atoms in total. The van der Waals surface area contributed by atoms with Crippen LogP contribution in [0.1, 0.15) is 37.0 Å². The van der Waals surface area contributed by atoms with E-state index in [1.807, 2.05) is 32.9 Å². The molecule has 1 aromatic carbocycles. The van der Waals surface area contributed by atoms with Crippen LogP contribution in [0, 0.1) is 26.7 Å². The zero-order valence-electron chi connectivity index (χ0n) is 13.6. The van der Waals surface area contributed by atoms with E-state index in [-0.39, 0.29) is 12.1 Å². The summed E-state index contributed by atoms with van der Waals surface area (Å²) >= 11 is 0. The van der Waals surface area contributed by atoms with Gasteiger partial charge in [-0.3, -0.25) is 0 Å². The van der Waals surface area contributed by atoms with Gasteiger partial charge in [0.05, 0.1) is 10.9 Å². The molecule has 1 aliphatic rings. The summed E-state index contributed by atoms with van der Waals surface area (Å²) in [5.74, 6) is 0.470. The first-order chi connectivity index (χ1) is 9.70. The highest BCUT2D eigenvalue weighted by atomic mass is 32.2. The van der Waals surface area contributed by atoms with Crippen LogP contribution in [0.15, 0.2) is 29.7 Å². The Balaban J connectivity index is 2.42. The molecule has 0 aromatic heterocycles. The third kappa shape index (κ3) is 2.92. The van der Waals surface area contributed by atoms with Gasteiger partial charge in [-0.05, 0) is 44.2 Å². The van der Waals surface area contributed by atoms with E-state index in [0.29, 0.717) is 10.8 Å². The van der Waals surface area contributed by atoms with Gasteiger partial charge in [-0.25, -0.2) is 8.42 Å². The standard InChI is InChI=1S/C17H25NO2S/c1-7-15-16(8-11(2)3)18(15)21(19,20)17-13(5)9-12(4)10-14(17)6/h7,9-11,15-16H,1,8H2,2-6H3/t15-,16+,18?/m1/s1. The molecule has 1 fully saturated rings. The van der Waals surface area contributed by atoms with Gasteiger partial charge in [0, 0.05) is 6.04 Å². The molecule has 0 saturated carbocycles. The number of aryl methyl sites for hydroxylation is 3. The van der Waals surface area contributed by atoms with E-state index in [1.54, 1.807) is 10.4 Å². The van der Waals surface area contributed by atoms with E-state index in [1.165, 1.54) is 0 Å². The Morgan fingerprint density at radius 1 is 1.24 bits per heavy atom. The summed E-state index contributed by atoms with van der Waals surface area (Å²) in [6.07, 6.45) is 2.63. The monoisotopic (exact) mass is 307 g/mol. The van der Waals surface area contributed by atoms with Crippen LogP contribution in [0.5, 0.6) is 0 Å². The number of hydrogen-bond donors (Lipinski definition) is 0. The number of nitrogens with zero attached hydrogens (tertiary/aromatic N) is 1. The lowest BCUT2D eigenvalue weighted by Crippen LogP contribution is -2.18. The van der Waals surface area contributed by atoms with Crippen LogP contribution in [-0.2, 0) is 10.0 Å². The molecule has 1 heterocycles. The lowest BCUT2D eigenvalue weighted by molar-refractivity contribution is 0.515. The van der Waals surface area contributed by atoms with E-state index in [0.717, 1.165) is 23.1 Å². The lowest BCUT2D eigenvalue weighted by Gasteiger charge is -2.14. The highest BCUT2D eigenvalue weighted by Gasteiger charge is 2.54. The third-order valence-corrected chi connectivity index (χ3v) is 6.25. The number of sulfonamides is 1. The molecule has 1 aliphatic heterocycles. The summed E-state index contributed by atoms with van der Waals surface area (Å²) < 4.78 is 27.6. The van der Waals surface area contributed by atoms with Crippen LogP contribution < -0.4 is 0 Å². The van der Waals surface area contributed by atoms with Crippen molar-refractivity contribution >= 4 is 10.0 Å². The van der Waals surface area contributed by atoms with Crippen molar-refractivity contribution in [3.8, 4) is 0 Å². The van der Waals surface area contributed by atoms with Crippen molar-refractivity contribution in [2.75, 3.05) is 0 Å². The normalized spacial score (nSPS) is 25.1. The van der Waals surface area contributed by atoms with E-state index in [2.05, 4.69) is 20.4 Å². The van der Waals surface area contributed by atoms with Crippen molar-refractivity contribution in [1.82, 2.24) is 4.31 Å². The van der Waals surface area contributed by atoms with E-state index >= 15 is 0 Å². The average molecular weight is 307 g/mol. The van der Waals surface area contributed by atoms with E-state index in [4.69, 9.17) is 0 Å². The summed E-state index contributed by atoms with van der Waals surface area (Å²) in [4.78, 5) is 0.464. The zero-order valence-corrected chi connectivity index (χ0v) is 14.4. The van der Waals surface area contributed by atoms with Crippen molar-refractivity contribution in [2.45, 2.75) is 58.0 Å². The second-order valence-electron chi connectivity index (χ2n) is 6.49. The van der Waals surface area contributed by atoms with Gasteiger partial charge in [-0.1, -0.05) is 37.6 Å². The Hall–Kier alpha value is -1.13. The molecular formula is C17H25NO2S. The largest absolute Gasteiger partial charge is 0.244 e. The Kier molecular flexibility index (Phi) is 4.31. The predicted molar refractivity (Wildman–Crippen MR) is 86.9 cm³/mol. The van der Waals surface area contributed by atoms with Crippen molar-refractivity contribution in [2.24, 2.45) is 5.92 Å². The summed E-state index contributed by atoms with van der Waals surface area (Å²) in [7, 11) is -3.44. The smallest absolute Gasteiger partial charge is 0.207 e. The van der Waals surface area contributed by atoms with Crippen LogP contribution in [0.2, 0.25) is 0 Å². The summed E-state index contributed by atoms with van der Waals surface area (Å²) in [6.45, 7) is 13.8. The Bertz CT molecular complexity index is 638. The average Bonchev–Trinajstić information content (AvgIpc) is 2.99. The lowest BCUT2D eigenvalue weighted by atomic mass is 10.1. The molecule has 1 unspecified atom stereocenters. The van der Waals surface area contributed by atoms with Crippen LogP contribution in [0.3, 0.4) is 0 Å². The molecule has 4 heteroatoms. The minimum absolute atomic E-state index is 0.0579. The SMILES string of the molecule is C=C[C@@H]1[C@H](CC(C)C)N1S(=O)(=O)c1c(C)cc(C)cc1C. The minimum atomic E-state index is -3.44. The van der Waals surface area contributed by atoms with Crippen LogP contribution in [-0.4, -0.2) is 24.8 Å². The topological polar surface area (TPSA) is 37.1 Å². The number of rotatable bonds is 5. The highest BCUT2D eigenvalue weighted by molar-refractivity contribution is 7.89. The van der Waals surface area contributed by atoms with Gasteiger partial charge in [0.1, 0.15) is 0 Å². The van der Waals surface area contributed by atoms with Crippen LogP contribution >= 0.6 is 0 Å². The summed E-state index contributed by atoms with van der Waals surface area (Å²) in [6, 6.07) is 3.87. The van der Waals surface area contributed by atoms with Gasteiger partial charge in [0.2, 0.25) is 10.0 Å². The molecule has 0 N–H and O–H groups in total. The molecule has 0 bridgehead atoms. The molecule has 0 spiro atoms.